The number of hydrogen-bond donors (Lipinski definition) is 3. The van der Waals surface area contributed by atoms with Gasteiger partial charge in [0, 0.05) is 23.5 Å². The molecule has 0 saturated heterocycles. The Labute approximate surface area is 148 Å². The van der Waals surface area contributed by atoms with Crippen LogP contribution in [-0.4, -0.2) is 29.5 Å². The third-order valence-electron chi connectivity index (χ3n) is 3.41. The zero-order valence-electron chi connectivity index (χ0n) is 14.2. The van der Waals surface area contributed by atoms with E-state index in [2.05, 4.69) is 15.4 Å². The average Bonchev–Trinajstić information content (AvgIpc) is 2.54. The molecular weight excluding hydrogens is 349 g/mol. The molecule has 5 nitrogen and oxygen atoms in total. The maximum absolute atomic E-state index is 12.2. The first kappa shape index (κ1) is 19.4. The van der Waals surface area contributed by atoms with Crippen molar-refractivity contribution in [2.24, 2.45) is 0 Å². The Morgan fingerprint density at radius 2 is 1.73 bits per heavy atom. The van der Waals surface area contributed by atoms with Crippen LogP contribution in [0.3, 0.4) is 0 Å². The van der Waals surface area contributed by atoms with E-state index < -0.39 is 17.9 Å². The Hall–Kier alpha value is -2.90. The lowest BCUT2D eigenvalue weighted by Crippen LogP contribution is -2.38. The Kier molecular flexibility index (Phi) is 5.64. The molecule has 0 spiro atoms. The predicted molar refractivity (Wildman–Crippen MR) is 92.7 cm³/mol. The molecule has 2 aromatic rings. The van der Waals surface area contributed by atoms with Gasteiger partial charge in [-0.25, -0.2) is 4.79 Å². The molecule has 0 aliphatic heterocycles. The molecule has 8 heteroatoms. The second-order valence-electron chi connectivity index (χ2n) is 6.32. The number of hydrogen-bond acceptors (Lipinski definition) is 4. The second kappa shape index (κ2) is 7.55. The van der Waals surface area contributed by atoms with Gasteiger partial charge >= 0.3 is 12.3 Å². The van der Waals surface area contributed by atoms with Crippen LogP contribution in [-0.2, 0) is 0 Å². The van der Waals surface area contributed by atoms with Gasteiger partial charge in [0.2, 0.25) is 0 Å². The lowest BCUT2D eigenvalue weighted by molar-refractivity contribution is -0.274. The van der Waals surface area contributed by atoms with Crippen molar-refractivity contribution in [3.63, 3.8) is 0 Å². The number of halogens is 3. The monoisotopic (exact) mass is 368 g/mol. The second-order valence-corrected chi connectivity index (χ2v) is 6.32. The lowest BCUT2D eigenvalue weighted by atomic mass is 10.0. The number of alkyl halides is 3. The zero-order valence-corrected chi connectivity index (χ0v) is 14.2. The van der Waals surface area contributed by atoms with Crippen LogP contribution in [0.25, 0.3) is 0 Å². The standard InChI is InChI=1S/C18H19F3N2O3/c1-17(2,11-22-14-5-3-4-12(10-14)16(24)25)23-13-6-8-15(9-7-13)26-18(19,20)21/h3-10,22-23H,11H2,1-2H3,(H,24,25). The minimum Gasteiger partial charge on any atom is -0.478 e. The van der Waals surface area contributed by atoms with Crippen molar-refractivity contribution >= 4 is 17.3 Å². The van der Waals surface area contributed by atoms with Crippen LogP contribution in [0.1, 0.15) is 24.2 Å². The molecule has 2 aromatic carbocycles. The molecule has 0 radical (unpaired) electrons. The van der Waals surface area contributed by atoms with Gasteiger partial charge in [0.15, 0.2) is 0 Å². The highest BCUT2D eigenvalue weighted by atomic mass is 19.4. The highest BCUT2D eigenvalue weighted by Crippen LogP contribution is 2.25. The molecular formula is C18H19F3N2O3. The van der Waals surface area contributed by atoms with Crippen molar-refractivity contribution in [3.05, 3.63) is 54.1 Å². The van der Waals surface area contributed by atoms with Gasteiger partial charge < -0.3 is 20.5 Å². The minimum absolute atomic E-state index is 0.181. The molecule has 0 atom stereocenters. The number of aromatic carboxylic acids is 1. The molecule has 0 bridgehead atoms. The number of ether oxygens (including phenoxy) is 1. The van der Waals surface area contributed by atoms with E-state index in [1.54, 1.807) is 12.1 Å². The van der Waals surface area contributed by atoms with Crippen LogP contribution in [0.4, 0.5) is 24.5 Å². The fourth-order valence-corrected chi connectivity index (χ4v) is 2.26. The number of anilines is 2. The number of nitrogens with one attached hydrogen (secondary N) is 2. The summed E-state index contributed by atoms with van der Waals surface area (Å²) in [4.78, 5) is 11.0. The molecule has 0 unspecified atom stereocenters. The van der Waals surface area contributed by atoms with Gasteiger partial charge in [0.1, 0.15) is 5.75 Å². The molecule has 2 rings (SSSR count). The van der Waals surface area contributed by atoms with Crippen molar-refractivity contribution in [1.82, 2.24) is 0 Å². The normalized spacial score (nSPS) is 11.7. The van der Waals surface area contributed by atoms with E-state index in [-0.39, 0.29) is 11.3 Å². The van der Waals surface area contributed by atoms with Crippen molar-refractivity contribution in [2.75, 3.05) is 17.2 Å². The topological polar surface area (TPSA) is 70.6 Å². The highest BCUT2D eigenvalue weighted by Gasteiger charge is 2.31. The zero-order chi connectivity index (χ0) is 19.4. The van der Waals surface area contributed by atoms with E-state index in [9.17, 15) is 18.0 Å². The number of carboxylic acid groups (broad SMARTS) is 1. The summed E-state index contributed by atoms with van der Waals surface area (Å²) in [7, 11) is 0. The fourth-order valence-electron chi connectivity index (χ4n) is 2.26. The summed E-state index contributed by atoms with van der Waals surface area (Å²) in [6.45, 7) is 4.26. The first-order valence-corrected chi connectivity index (χ1v) is 7.75. The summed E-state index contributed by atoms with van der Waals surface area (Å²) in [5.74, 6) is -1.29. The third-order valence-corrected chi connectivity index (χ3v) is 3.41. The molecule has 0 saturated carbocycles. The molecule has 140 valence electrons. The Morgan fingerprint density at radius 1 is 1.08 bits per heavy atom. The number of carbonyl (C=O) groups is 1. The third kappa shape index (κ3) is 6.19. The van der Waals surface area contributed by atoms with Crippen LogP contribution in [0, 0.1) is 0 Å². The summed E-state index contributed by atoms with van der Waals surface area (Å²) >= 11 is 0. The first-order valence-electron chi connectivity index (χ1n) is 7.75. The summed E-state index contributed by atoms with van der Waals surface area (Å²) in [6.07, 6.45) is -4.72. The van der Waals surface area contributed by atoms with Gasteiger partial charge in [-0.3, -0.25) is 0 Å². The minimum atomic E-state index is -4.72. The molecule has 0 aliphatic carbocycles. The van der Waals surface area contributed by atoms with E-state index >= 15 is 0 Å². The summed E-state index contributed by atoms with van der Waals surface area (Å²) in [6, 6.07) is 11.9. The summed E-state index contributed by atoms with van der Waals surface area (Å²) in [5, 5.41) is 15.3. The Balaban J connectivity index is 1.95. The number of rotatable bonds is 7. The summed E-state index contributed by atoms with van der Waals surface area (Å²) in [5.41, 5.74) is 1.02. The lowest BCUT2D eigenvalue weighted by Gasteiger charge is -2.28. The van der Waals surface area contributed by atoms with Crippen LogP contribution < -0.4 is 15.4 Å². The maximum Gasteiger partial charge on any atom is 0.573 e. The first-order chi connectivity index (χ1) is 12.0. The average molecular weight is 368 g/mol. The van der Waals surface area contributed by atoms with E-state index in [0.717, 1.165) is 0 Å². The van der Waals surface area contributed by atoms with Gasteiger partial charge in [0.25, 0.3) is 0 Å². The summed E-state index contributed by atoms with van der Waals surface area (Å²) < 4.78 is 40.3. The van der Waals surface area contributed by atoms with E-state index in [0.29, 0.717) is 17.9 Å². The molecule has 3 N–H and O–H groups in total. The molecule has 0 aromatic heterocycles. The van der Waals surface area contributed by atoms with Gasteiger partial charge in [-0.15, -0.1) is 13.2 Å². The van der Waals surface area contributed by atoms with Crippen molar-refractivity contribution < 1.29 is 27.8 Å². The van der Waals surface area contributed by atoms with Crippen molar-refractivity contribution in [2.45, 2.75) is 25.7 Å². The van der Waals surface area contributed by atoms with Crippen molar-refractivity contribution in [3.8, 4) is 5.75 Å². The van der Waals surface area contributed by atoms with E-state index in [1.165, 1.54) is 36.4 Å². The van der Waals surface area contributed by atoms with E-state index in [4.69, 9.17) is 5.11 Å². The molecule has 0 heterocycles. The number of carboxylic acids is 1. The SMILES string of the molecule is CC(C)(CNc1cccc(C(=O)O)c1)Nc1ccc(OC(F)(F)F)cc1. The predicted octanol–water partition coefficient (Wildman–Crippen LogP) is 4.59. The van der Waals surface area contributed by atoms with Crippen LogP contribution in [0.15, 0.2) is 48.5 Å². The van der Waals surface area contributed by atoms with E-state index in [1.807, 2.05) is 13.8 Å². The molecule has 26 heavy (non-hydrogen) atoms. The number of benzene rings is 2. The molecule has 0 fully saturated rings. The van der Waals surface area contributed by atoms with Gasteiger partial charge in [-0.1, -0.05) is 6.07 Å². The fraction of sp³-hybridized carbons (Fsp3) is 0.278. The van der Waals surface area contributed by atoms with Gasteiger partial charge in [-0.05, 0) is 56.3 Å². The quantitative estimate of drug-likeness (QED) is 0.667. The maximum atomic E-state index is 12.2. The largest absolute Gasteiger partial charge is 0.573 e. The van der Waals surface area contributed by atoms with Crippen LogP contribution >= 0.6 is 0 Å². The van der Waals surface area contributed by atoms with Gasteiger partial charge in [0.05, 0.1) is 5.56 Å². The van der Waals surface area contributed by atoms with Crippen molar-refractivity contribution in [1.29, 1.82) is 0 Å². The Morgan fingerprint density at radius 3 is 2.31 bits per heavy atom. The molecule has 0 aliphatic rings. The molecule has 0 amide bonds. The highest BCUT2D eigenvalue weighted by molar-refractivity contribution is 5.88. The van der Waals surface area contributed by atoms with Gasteiger partial charge in [-0.2, -0.15) is 0 Å². The van der Waals surface area contributed by atoms with Crippen LogP contribution in [0.5, 0.6) is 5.75 Å². The van der Waals surface area contributed by atoms with Crippen LogP contribution in [0.2, 0.25) is 0 Å². The smallest absolute Gasteiger partial charge is 0.478 e. The Bertz CT molecular complexity index is 759.